The zero-order valence-electron chi connectivity index (χ0n) is 7.39. The number of carbonyl (C=O) groups excluding carboxylic acids is 1. The molecule has 0 aliphatic heterocycles. The number of hydrogen-bond acceptors (Lipinski definition) is 4. The first-order valence-corrected chi connectivity index (χ1v) is 5.57. The number of anilines is 1. The van der Waals surface area contributed by atoms with E-state index in [1.54, 1.807) is 0 Å². The second-order valence-electron chi connectivity index (χ2n) is 2.77. The van der Waals surface area contributed by atoms with Crippen LogP contribution in [0.25, 0.3) is 0 Å². The van der Waals surface area contributed by atoms with Crippen molar-refractivity contribution < 1.29 is 18.3 Å². The number of aldehydes is 1. The third-order valence-electron chi connectivity index (χ3n) is 1.45. The summed E-state index contributed by atoms with van der Waals surface area (Å²) in [5, 5.41) is 9.25. The summed E-state index contributed by atoms with van der Waals surface area (Å²) < 4.78 is 23.8. The molecular weight excluding hydrogens is 206 g/mol. The van der Waals surface area contributed by atoms with Crippen LogP contribution in [0.4, 0.5) is 5.69 Å². The highest BCUT2D eigenvalue weighted by Gasteiger charge is 2.07. The number of carbonyl (C=O) groups is 1. The van der Waals surface area contributed by atoms with Gasteiger partial charge in [-0.3, -0.25) is 9.52 Å². The molecule has 1 rings (SSSR count). The second kappa shape index (κ2) is 3.67. The van der Waals surface area contributed by atoms with Crippen LogP contribution in [-0.2, 0) is 10.0 Å². The minimum atomic E-state index is -3.45. The normalized spacial score (nSPS) is 10.9. The van der Waals surface area contributed by atoms with Crippen molar-refractivity contribution in [2.45, 2.75) is 0 Å². The molecule has 0 saturated carbocycles. The van der Waals surface area contributed by atoms with Crippen LogP contribution in [0.15, 0.2) is 18.2 Å². The quantitative estimate of drug-likeness (QED) is 0.570. The van der Waals surface area contributed by atoms with Crippen molar-refractivity contribution in [1.82, 2.24) is 0 Å². The number of sulfonamides is 1. The molecule has 14 heavy (non-hydrogen) atoms. The van der Waals surface area contributed by atoms with Crippen molar-refractivity contribution in [2.24, 2.45) is 0 Å². The fraction of sp³-hybridized carbons (Fsp3) is 0.125. The van der Waals surface area contributed by atoms with E-state index in [0.717, 1.165) is 6.26 Å². The first-order valence-electron chi connectivity index (χ1n) is 3.68. The first-order chi connectivity index (χ1) is 6.42. The van der Waals surface area contributed by atoms with E-state index in [1.807, 2.05) is 0 Å². The highest BCUT2D eigenvalue weighted by molar-refractivity contribution is 7.92. The number of rotatable bonds is 3. The smallest absolute Gasteiger partial charge is 0.229 e. The van der Waals surface area contributed by atoms with Gasteiger partial charge in [0, 0.05) is 5.56 Å². The highest BCUT2D eigenvalue weighted by atomic mass is 32.2. The molecule has 0 aliphatic carbocycles. The number of benzene rings is 1. The maximum Gasteiger partial charge on any atom is 0.229 e. The molecule has 0 radical (unpaired) electrons. The molecule has 0 saturated heterocycles. The van der Waals surface area contributed by atoms with Gasteiger partial charge in [-0.15, -0.1) is 0 Å². The summed E-state index contributed by atoms with van der Waals surface area (Å²) in [7, 11) is -3.45. The van der Waals surface area contributed by atoms with Crippen molar-refractivity contribution in [2.75, 3.05) is 11.0 Å². The third kappa shape index (κ3) is 2.74. The molecule has 5 nitrogen and oxygen atoms in total. The molecule has 0 bridgehead atoms. The van der Waals surface area contributed by atoms with E-state index in [-0.39, 0.29) is 17.0 Å². The largest absolute Gasteiger partial charge is 0.506 e. The Bertz CT molecular complexity index is 452. The Balaban J connectivity index is 3.13. The number of aromatic hydroxyl groups is 1. The van der Waals surface area contributed by atoms with Gasteiger partial charge in [0.1, 0.15) is 12.0 Å². The monoisotopic (exact) mass is 215 g/mol. The summed E-state index contributed by atoms with van der Waals surface area (Å²) in [6.45, 7) is 0. The van der Waals surface area contributed by atoms with Gasteiger partial charge < -0.3 is 5.11 Å². The zero-order chi connectivity index (χ0) is 10.8. The van der Waals surface area contributed by atoms with Crippen LogP contribution >= 0.6 is 0 Å². The number of hydrogen-bond donors (Lipinski definition) is 2. The maximum atomic E-state index is 10.8. The van der Waals surface area contributed by atoms with E-state index >= 15 is 0 Å². The Morgan fingerprint density at radius 2 is 2.07 bits per heavy atom. The van der Waals surface area contributed by atoms with Gasteiger partial charge in [-0.25, -0.2) is 8.42 Å². The Kier molecular flexibility index (Phi) is 2.76. The van der Waals surface area contributed by atoms with Gasteiger partial charge >= 0.3 is 0 Å². The van der Waals surface area contributed by atoms with Crippen LogP contribution in [0.2, 0.25) is 0 Å². The van der Waals surface area contributed by atoms with E-state index in [0.29, 0.717) is 6.29 Å². The fourth-order valence-corrected chi connectivity index (χ4v) is 1.47. The molecule has 0 spiro atoms. The van der Waals surface area contributed by atoms with Crippen LogP contribution in [-0.4, -0.2) is 26.1 Å². The second-order valence-corrected chi connectivity index (χ2v) is 4.52. The Labute approximate surface area is 81.4 Å². The molecule has 1 aromatic rings. The van der Waals surface area contributed by atoms with Gasteiger partial charge in [0.2, 0.25) is 10.0 Å². The molecule has 0 fully saturated rings. The predicted octanol–water partition coefficient (Wildman–Crippen LogP) is 0.576. The lowest BCUT2D eigenvalue weighted by atomic mass is 10.2. The summed E-state index contributed by atoms with van der Waals surface area (Å²) >= 11 is 0. The van der Waals surface area contributed by atoms with Gasteiger partial charge in [0.05, 0.1) is 11.9 Å². The summed E-state index contributed by atoms with van der Waals surface area (Å²) in [5.74, 6) is -0.221. The van der Waals surface area contributed by atoms with Crippen LogP contribution < -0.4 is 4.72 Å². The lowest BCUT2D eigenvalue weighted by molar-refractivity contribution is 0.112. The first kappa shape index (κ1) is 10.5. The average molecular weight is 215 g/mol. The summed E-state index contributed by atoms with van der Waals surface area (Å²) in [6.07, 6.45) is 1.52. The van der Waals surface area contributed by atoms with E-state index in [1.165, 1.54) is 18.2 Å². The minimum Gasteiger partial charge on any atom is -0.506 e. The molecule has 0 aromatic heterocycles. The van der Waals surface area contributed by atoms with Crippen LogP contribution in [0, 0.1) is 0 Å². The summed E-state index contributed by atoms with van der Waals surface area (Å²) in [4.78, 5) is 10.4. The number of phenols is 1. The molecule has 1 aromatic carbocycles. The van der Waals surface area contributed by atoms with Crippen molar-refractivity contribution in [3.05, 3.63) is 23.8 Å². The minimum absolute atomic E-state index is 0.00269. The molecular formula is C8H9NO4S. The standard InChI is InChI=1S/C8H9NO4S/c1-14(12,13)9-7-4-6(5-10)2-3-8(7)11/h2-5,9,11H,1H3. The van der Waals surface area contributed by atoms with Crippen molar-refractivity contribution in [3.63, 3.8) is 0 Å². The fourth-order valence-electron chi connectivity index (χ4n) is 0.908. The topological polar surface area (TPSA) is 83.5 Å². The molecule has 0 atom stereocenters. The Morgan fingerprint density at radius 3 is 2.57 bits per heavy atom. The Morgan fingerprint density at radius 1 is 1.43 bits per heavy atom. The zero-order valence-corrected chi connectivity index (χ0v) is 8.21. The Hall–Kier alpha value is -1.56. The summed E-state index contributed by atoms with van der Waals surface area (Å²) in [5.41, 5.74) is 0.283. The summed E-state index contributed by atoms with van der Waals surface area (Å²) in [6, 6.07) is 3.89. The van der Waals surface area contributed by atoms with Crippen LogP contribution in [0.5, 0.6) is 5.75 Å². The molecule has 2 N–H and O–H groups in total. The SMILES string of the molecule is CS(=O)(=O)Nc1cc(C=O)ccc1O. The van der Waals surface area contributed by atoms with Gasteiger partial charge in [-0.1, -0.05) is 0 Å². The molecule has 0 aliphatic rings. The lowest BCUT2D eigenvalue weighted by Gasteiger charge is -2.06. The van der Waals surface area contributed by atoms with Crippen molar-refractivity contribution in [3.8, 4) is 5.75 Å². The van der Waals surface area contributed by atoms with Gasteiger partial charge in [0.15, 0.2) is 0 Å². The van der Waals surface area contributed by atoms with E-state index < -0.39 is 10.0 Å². The van der Waals surface area contributed by atoms with Gasteiger partial charge in [-0.2, -0.15) is 0 Å². The molecule has 0 amide bonds. The lowest BCUT2D eigenvalue weighted by Crippen LogP contribution is -2.09. The van der Waals surface area contributed by atoms with Gasteiger partial charge in [0.25, 0.3) is 0 Å². The van der Waals surface area contributed by atoms with Crippen LogP contribution in [0.1, 0.15) is 10.4 Å². The van der Waals surface area contributed by atoms with Crippen molar-refractivity contribution >= 4 is 22.0 Å². The highest BCUT2D eigenvalue weighted by Crippen LogP contribution is 2.24. The van der Waals surface area contributed by atoms with Crippen molar-refractivity contribution in [1.29, 1.82) is 0 Å². The third-order valence-corrected chi connectivity index (χ3v) is 2.04. The molecule has 0 unspecified atom stereocenters. The molecule has 76 valence electrons. The molecule has 6 heteroatoms. The predicted molar refractivity (Wildman–Crippen MR) is 52.0 cm³/mol. The number of phenolic OH excluding ortho intramolecular Hbond substituents is 1. The average Bonchev–Trinajstić information content (AvgIpc) is 2.06. The number of nitrogens with one attached hydrogen (secondary N) is 1. The van der Waals surface area contributed by atoms with Gasteiger partial charge in [-0.05, 0) is 18.2 Å². The van der Waals surface area contributed by atoms with E-state index in [9.17, 15) is 18.3 Å². The van der Waals surface area contributed by atoms with Crippen LogP contribution in [0.3, 0.4) is 0 Å². The molecule has 0 heterocycles. The van der Waals surface area contributed by atoms with E-state index in [2.05, 4.69) is 4.72 Å². The van der Waals surface area contributed by atoms with E-state index in [4.69, 9.17) is 0 Å². The maximum absolute atomic E-state index is 10.8.